The molecule has 0 amide bonds. The van der Waals surface area contributed by atoms with Crippen LogP contribution < -0.4 is 0 Å². The van der Waals surface area contributed by atoms with Crippen molar-refractivity contribution in [2.24, 2.45) is 0 Å². The molecule has 0 aliphatic heterocycles. The quantitative estimate of drug-likeness (QED) is 0.755. The van der Waals surface area contributed by atoms with E-state index >= 15 is 0 Å². The van der Waals surface area contributed by atoms with Crippen molar-refractivity contribution in [3.8, 4) is 0 Å². The Bertz CT molecular complexity index is 490. The van der Waals surface area contributed by atoms with Crippen LogP contribution in [0.2, 0.25) is 0 Å². The monoisotopic (exact) mass is 267 g/mol. The van der Waals surface area contributed by atoms with Gasteiger partial charge >= 0.3 is 0 Å². The minimum Gasteiger partial charge on any atom is -0.270 e. The Balaban J connectivity index is 2.01. The van der Waals surface area contributed by atoms with Crippen LogP contribution >= 0.6 is 11.6 Å². The van der Waals surface area contributed by atoms with Gasteiger partial charge < -0.3 is 0 Å². The second-order valence-corrected chi connectivity index (χ2v) is 4.77. The molecule has 5 nitrogen and oxygen atoms in total. The molecule has 18 heavy (non-hydrogen) atoms. The second-order valence-electron chi connectivity index (χ2n) is 4.39. The topological polar surface area (TPSA) is 48.5 Å². The van der Waals surface area contributed by atoms with E-state index in [1.807, 2.05) is 23.1 Å². The maximum atomic E-state index is 5.67. The van der Waals surface area contributed by atoms with Crippen molar-refractivity contribution < 1.29 is 0 Å². The molecule has 0 fully saturated rings. The minimum atomic E-state index is 0.432. The maximum Gasteiger partial charge on any atom is 0.0867 e. The normalized spacial score (nSPS) is 12.8. The summed E-state index contributed by atoms with van der Waals surface area (Å²) in [5, 5.41) is 12.7. The van der Waals surface area contributed by atoms with Gasteiger partial charge in [-0.3, -0.25) is 4.68 Å². The van der Waals surface area contributed by atoms with Crippen LogP contribution in [-0.2, 0) is 13.0 Å². The van der Waals surface area contributed by atoms with Crippen molar-refractivity contribution in [1.29, 1.82) is 0 Å². The van der Waals surface area contributed by atoms with Crippen molar-refractivity contribution in [3.05, 3.63) is 29.8 Å². The number of alkyl halides is 1. The molecule has 1 atom stereocenters. The Morgan fingerprint density at radius 3 is 2.94 bits per heavy atom. The van der Waals surface area contributed by atoms with Gasteiger partial charge in [0, 0.05) is 30.7 Å². The van der Waals surface area contributed by atoms with Gasteiger partial charge in [0.2, 0.25) is 0 Å². The van der Waals surface area contributed by atoms with E-state index in [1.54, 1.807) is 4.68 Å². The van der Waals surface area contributed by atoms with Crippen LogP contribution in [0, 0.1) is 0 Å². The van der Waals surface area contributed by atoms with E-state index < -0.39 is 0 Å². The summed E-state index contributed by atoms with van der Waals surface area (Å²) in [5.41, 5.74) is 1.92. The zero-order chi connectivity index (χ0) is 13.0. The number of aryl methyl sites for hydroxylation is 1. The highest BCUT2D eigenvalue weighted by molar-refractivity contribution is 6.17. The predicted octanol–water partition coefficient (Wildman–Crippen LogP) is 2.28. The molecule has 0 N–H and O–H groups in total. The van der Waals surface area contributed by atoms with E-state index in [2.05, 4.69) is 29.3 Å². The summed E-state index contributed by atoms with van der Waals surface area (Å²) < 4.78 is 3.79. The molecule has 0 saturated carbocycles. The lowest BCUT2D eigenvalue weighted by Crippen LogP contribution is -2.06. The second kappa shape index (κ2) is 6.00. The lowest BCUT2D eigenvalue weighted by Gasteiger charge is -2.07. The predicted molar refractivity (Wildman–Crippen MR) is 70.8 cm³/mol. The molecule has 0 aliphatic rings. The van der Waals surface area contributed by atoms with Gasteiger partial charge in [0.15, 0.2) is 0 Å². The first-order valence-corrected chi connectivity index (χ1v) is 6.75. The van der Waals surface area contributed by atoms with Crippen LogP contribution in [0.4, 0.5) is 0 Å². The smallest absolute Gasteiger partial charge is 0.0867 e. The number of nitrogens with zero attached hydrogens (tertiary/aromatic N) is 5. The molecule has 2 heterocycles. The van der Waals surface area contributed by atoms with Crippen LogP contribution in [0.15, 0.2) is 18.5 Å². The third-order valence-electron chi connectivity index (χ3n) is 2.97. The molecule has 0 aromatic carbocycles. The van der Waals surface area contributed by atoms with Crippen LogP contribution in [0.5, 0.6) is 0 Å². The van der Waals surface area contributed by atoms with E-state index in [0.29, 0.717) is 18.5 Å². The van der Waals surface area contributed by atoms with Gasteiger partial charge in [0.05, 0.1) is 17.9 Å². The minimum absolute atomic E-state index is 0.432. The molecular formula is C12H18ClN5. The zero-order valence-electron chi connectivity index (χ0n) is 10.8. The van der Waals surface area contributed by atoms with Crippen LogP contribution in [0.1, 0.15) is 37.7 Å². The van der Waals surface area contributed by atoms with Gasteiger partial charge in [-0.15, -0.1) is 16.7 Å². The molecule has 0 aliphatic carbocycles. The number of aromatic nitrogens is 5. The summed E-state index contributed by atoms with van der Waals surface area (Å²) in [4.78, 5) is 0. The number of hydrogen-bond acceptors (Lipinski definition) is 3. The Morgan fingerprint density at radius 1 is 1.39 bits per heavy atom. The Kier molecular flexibility index (Phi) is 4.36. The Hall–Kier alpha value is -1.36. The van der Waals surface area contributed by atoms with E-state index in [4.69, 9.17) is 11.6 Å². The Labute approximate surface area is 112 Å². The summed E-state index contributed by atoms with van der Waals surface area (Å²) in [6, 6.07) is 2.45. The van der Waals surface area contributed by atoms with Crippen molar-refractivity contribution in [3.63, 3.8) is 0 Å². The molecule has 0 saturated heterocycles. The van der Waals surface area contributed by atoms with Gasteiger partial charge in [-0.05, 0) is 19.4 Å². The first kappa shape index (κ1) is 13.1. The average molecular weight is 268 g/mol. The molecule has 98 valence electrons. The van der Waals surface area contributed by atoms with Crippen molar-refractivity contribution >= 4 is 11.6 Å². The van der Waals surface area contributed by atoms with E-state index in [-0.39, 0.29) is 0 Å². The number of halogens is 1. The van der Waals surface area contributed by atoms with Crippen molar-refractivity contribution in [2.45, 2.75) is 39.3 Å². The van der Waals surface area contributed by atoms with Gasteiger partial charge in [-0.1, -0.05) is 12.1 Å². The summed E-state index contributed by atoms with van der Waals surface area (Å²) in [6.07, 6.45) is 5.76. The van der Waals surface area contributed by atoms with Crippen LogP contribution in [0.3, 0.4) is 0 Å². The fraction of sp³-hybridized carbons (Fsp3) is 0.583. The molecule has 6 heteroatoms. The highest BCUT2D eigenvalue weighted by Gasteiger charge is 2.06. The average Bonchev–Trinajstić information content (AvgIpc) is 2.99. The molecule has 2 rings (SSSR count). The summed E-state index contributed by atoms with van der Waals surface area (Å²) in [6.45, 7) is 4.96. The lowest BCUT2D eigenvalue weighted by molar-refractivity contribution is 0.470. The van der Waals surface area contributed by atoms with Gasteiger partial charge in [-0.2, -0.15) is 5.10 Å². The third kappa shape index (κ3) is 3.10. The molecular weight excluding hydrogens is 250 g/mol. The lowest BCUT2D eigenvalue weighted by atomic mass is 10.3. The SMILES string of the molecule is CCC(C)n1ccc(Cn2cc(CCCl)nn2)n1. The fourth-order valence-corrected chi connectivity index (χ4v) is 1.88. The zero-order valence-corrected chi connectivity index (χ0v) is 11.5. The highest BCUT2D eigenvalue weighted by Crippen LogP contribution is 2.09. The molecule has 0 bridgehead atoms. The maximum absolute atomic E-state index is 5.67. The summed E-state index contributed by atoms with van der Waals surface area (Å²) >= 11 is 5.67. The Morgan fingerprint density at radius 2 is 2.22 bits per heavy atom. The first-order valence-electron chi connectivity index (χ1n) is 6.22. The van der Waals surface area contributed by atoms with Gasteiger partial charge in [-0.25, -0.2) is 4.68 Å². The van der Waals surface area contributed by atoms with Crippen molar-refractivity contribution in [1.82, 2.24) is 24.8 Å². The molecule has 0 spiro atoms. The van der Waals surface area contributed by atoms with Crippen LogP contribution in [0.25, 0.3) is 0 Å². The van der Waals surface area contributed by atoms with E-state index in [9.17, 15) is 0 Å². The standard InChI is InChI=1S/C12H18ClN5/c1-3-10(2)18-7-5-12(15-18)9-17-8-11(4-6-13)14-16-17/h5,7-8,10H,3-4,6,9H2,1-2H3. The molecule has 1 unspecified atom stereocenters. The summed E-state index contributed by atoms with van der Waals surface area (Å²) in [5.74, 6) is 0.571. The van der Waals surface area contributed by atoms with Gasteiger partial charge in [0.25, 0.3) is 0 Å². The number of rotatable bonds is 6. The first-order chi connectivity index (χ1) is 8.72. The molecule has 2 aromatic heterocycles. The van der Waals surface area contributed by atoms with Crippen LogP contribution in [-0.4, -0.2) is 30.7 Å². The summed E-state index contributed by atoms with van der Waals surface area (Å²) in [7, 11) is 0. The fourth-order valence-electron chi connectivity index (χ4n) is 1.69. The van der Waals surface area contributed by atoms with E-state index in [0.717, 1.165) is 24.2 Å². The van der Waals surface area contributed by atoms with Crippen molar-refractivity contribution in [2.75, 3.05) is 5.88 Å². The molecule has 0 radical (unpaired) electrons. The highest BCUT2D eigenvalue weighted by atomic mass is 35.5. The van der Waals surface area contributed by atoms with Gasteiger partial charge in [0.1, 0.15) is 0 Å². The molecule has 2 aromatic rings. The van der Waals surface area contributed by atoms with E-state index in [1.165, 1.54) is 0 Å². The largest absolute Gasteiger partial charge is 0.270 e. The number of hydrogen-bond donors (Lipinski definition) is 0. The third-order valence-corrected chi connectivity index (χ3v) is 3.16.